The second-order valence-corrected chi connectivity index (χ2v) is 11.0. The molecule has 0 bridgehead atoms. The van der Waals surface area contributed by atoms with Crippen LogP contribution in [-0.4, -0.2) is 87.5 Å². The van der Waals surface area contributed by atoms with E-state index in [1.807, 2.05) is 25.6 Å². The minimum atomic E-state index is -1.31. The Balaban J connectivity index is 1.97. The molecule has 0 aromatic carbocycles. The number of aliphatic hydroxyl groups is 3. The number of ether oxygens (including phenoxy) is 1. The Hall–Kier alpha value is -0.0300. The van der Waals surface area contributed by atoms with E-state index in [4.69, 9.17) is 4.74 Å². The number of rotatable bonds is 10. The van der Waals surface area contributed by atoms with Gasteiger partial charge in [-0.1, -0.05) is 20.8 Å². The van der Waals surface area contributed by atoms with E-state index in [2.05, 4.69) is 17.6 Å². The smallest absolute Gasteiger partial charge is 0.237 e. The first-order chi connectivity index (χ1) is 14.3. The Bertz CT molecular complexity index is 526. The van der Waals surface area contributed by atoms with Gasteiger partial charge >= 0.3 is 0 Å². The summed E-state index contributed by atoms with van der Waals surface area (Å²) in [6.45, 7) is 6.91. The molecule has 176 valence electrons. The highest BCUT2D eigenvalue weighted by atomic mass is 32.2. The molecule has 0 aromatic heterocycles. The number of carbonyl (C=O) groups is 1. The summed E-state index contributed by atoms with van der Waals surface area (Å²) in [4.78, 5) is 13.0. The number of hydrogen-bond acceptors (Lipinski definition) is 8. The molecule has 2 aliphatic rings. The van der Waals surface area contributed by atoms with Crippen LogP contribution in [0.15, 0.2) is 0 Å². The van der Waals surface area contributed by atoms with Gasteiger partial charge in [-0.05, 0) is 61.8 Å². The van der Waals surface area contributed by atoms with Crippen LogP contribution >= 0.6 is 23.5 Å². The SMILES string of the molecule is CCSCCCC1CCNC(C(=O)N[C@H](C(C)C)[C@H]2O[C@H](SC)[C@H](O)[C@@H](O)[C@H]2O)C1. The molecule has 2 heterocycles. The van der Waals surface area contributed by atoms with Crippen LogP contribution in [0.3, 0.4) is 0 Å². The minimum Gasteiger partial charge on any atom is -0.388 e. The lowest BCUT2D eigenvalue weighted by molar-refractivity contribution is -0.208. The maximum absolute atomic E-state index is 13.0. The Morgan fingerprint density at radius 3 is 2.60 bits per heavy atom. The average molecular weight is 465 g/mol. The highest BCUT2D eigenvalue weighted by molar-refractivity contribution is 7.99. The van der Waals surface area contributed by atoms with Gasteiger partial charge in [0.1, 0.15) is 29.9 Å². The molecule has 2 fully saturated rings. The summed E-state index contributed by atoms with van der Waals surface area (Å²) in [5.41, 5.74) is -0.648. The first kappa shape index (κ1) is 26.2. The maximum atomic E-state index is 13.0. The van der Waals surface area contributed by atoms with E-state index in [-0.39, 0.29) is 17.9 Å². The number of aliphatic hydroxyl groups excluding tert-OH is 3. The zero-order valence-corrected chi connectivity index (χ0v) is 20.3. The molecule has 2 rings (SSSR count). The fraction of sp³-hybridized carbons (Fsp3) is 0.952. The molecule has 0 spiro atoms. The normalized spacial score (nSPS) is 35.9. The summed E-state index contributed by atoms with van der Waals surface area (Å²) in [5, 5.41) is 37.3. The third kappa shape index (κ3) is 6.98. The second-order valence-electron chi connectivity index (χ2n) is 8.69. The molecule has 9 heteroatoms. The predicted molar refractivity (Wildman–Crippen MR) is 124 cm³/mol. The van der Waals surface area contributed by atoms with Gasteiger partial charge in [0, 0.05) is 0 Å². The van der Waals surface area contributed by atoms with Crippen LogP contribution < -0.4 is 10.6 Å². The minimum absolute atomic E-state index is 0.0102. The van der Waals surface area contributed by atoms with E-state index in [0.29, 0.717) is 5.92 Å². The number of nitrogens with one attached hydrogen (secondary N) is 2. The van der Waals surface area contributed by atoms with E-state index in [1.165, 1.54) is 23.9 Å². The molecule has 0 saturated carbocycles. The zero-order chi connectivity index (χ0) is 22.3. The topological polar surface area (TPSA) is 111 Å². The second kappa shape index (κ2) is 12.9. The molecule has 2 unspecified atom stereocenters. The van der Waals surface area contributed by atoms with E-state index in [0.717, 1.165) is 31.6 Å². The van der Waals surface area contributed by atoms with Crippen molar-refractivity contribution in [1.29, 1.82) is 0 Å². The quantitative estimate of drug-likeness (QED) is 0.307. The number of amides is 1. The summed E-state index contributed by atoms with van der Waals surface area (Å²) in [6.07, 6.45) is 1.51. The van der Waals surface area contributed by atoms with Crippen LogP contribution in [0.4, 0.5) is 0 Å². The molecule has 5 N–H and O–H groups in total. The van der Waals surface area contributed by atoms with Crippen molar-refractivity contribution in [3.8, 4) is 0 Å². The van der Waals surface area contributed by atoms with Gasteiger partial charge in [-0.25, -0.2) is 0 Å². The molecule has 0 aliphatic carbocycles. The average Bonchev–Trinajstić information content (AvgIpc) is 2.74. The predicted octanol–water partition coefficient (Wildman–Crippen LogP) is 1.20. The molecule has 0 aromatic rings. The Morgan fingerprint density at radius 2 is 1.97 bits per heavy atom. The third-order valence-corrected chi connectivity index (χ3v) is 7.99. The molecule has 2 aliphatic heterocycles. The molecule has 0 radical (unpaired) electrons. The molecule has 2 saturated heterocycles. The monoisotopic (exact) mass is 464 g/mol. The summed E-state index contributed by atoms with van der Waals surface area (Å²) < 4.78 is 5.90. The fourth-order valence-corrected chi connectivity index (χ4v) is 5.67. The summed E-state index contributed by atoms with van der Waals surface area (Å²) in [6, 6.07) is -0.719. The number of carbonyl (C=O) groups excluding carboxylic acids is 1. The fourth-order valence-electron chi connectivity index (χ4n) is 4.33. The van der Waals surface area contributed by atoms with E-state index in [1.54, 1.807) is 6.26 Å². The Morgan fingerprint density at radius 1 is 1.23 bits per heavy atom. The van der Waals surface area contributed by atoms with Crippen molar-refractivity contribution in [2.24, 2.45) is 11.8 Å². The van der Waals surface area contributed by atoms with Crippen molar-refractivity contribution in [1.82, 2.24) is 10.6 Å². The number of piperidine rings is 1. The van der Waals surface area contributed by atoms with Gasteiger partial charge in [-0.2, -0.15) is 11.8 Å². The van der Waals surface area contributed by atoms with Crippen molar-refractivity contribution in [3.63, 3.8) is 0 Å². The molecule has 1 amide bonds. The zero-order valence-electron chi connectivity index (χ0n) is 18.6. The molecular formula is C21H40N2O5S2. The molecule has 7 nitrogen and oxygen atoms in total. The Kier molecular flexibility index (Phi) is 11.2. The van der Waals surface area contributed by atoms with Gasteiger partial charge in [-0.3, -0.25) is 4.79 Å². The van der Waals surface area contributed by atoms with Crippen LogP contribution in [0.1, 0.15) is 46.5 Å². The van der Waals surface area contributed by atoms with Crippen LogP contribution in [0, 0.1) is 11.8 Å². The first-order valence-electron chi connectivity index (χ1n) is 11.1. The van der Waals surface area contributed by atoms with Crippen molar-refractivity contribution in [2.75, 3.05) is 24.3 Å². The standard InChI is InChI=1S/C21H40N2O5S2/c1-5-30-10-6-7-13-8-9-22-14(11-13)20(27)23-15(12(2)3)19-17(25)16(24)18(26)21(28-19)29-4/h12-19,21-22,24-26H,5-11H2,1-4H3,(H,23,27)/t13?,14?,15-,16+,17-,18-,19-,21-/m1/s1. The van der Waals surface area contributed by atoms with Gasteiger partial charge in [0.25, 0.3) is 0 Å². The number of hydrogen-bond donors (Lipinski definition) is 5. The van der Waals surface area contributed by atoms with Crippen molar-refractivity contribution in [2.45, 2.75) is 88.4 Å². The van der Waals surface area contributed by atoms with E-state index >= 15 is 0 Å². The highest BCUT2D eigenvalue weighted by Crippen LogP contribution is 2.30. The van der Waals surface area contributed by atoms with Gasteiger partial charge in [0.15, 0.2) is 0 Å². The molecule has 8 atom stereocenters. The maximum Gasteiger partial charge on any atom is 0.237 e. The first-order valence-corrected chi connectivity index (χ1v) is 13.6. The lowest BCUT2D eigenvalue weighted by Crippen LogP contribution is -2.65. The third-order valence-electron chi connectivity index (χ3n) is 6.15. The van der Waals surface area contributed by atoms with Gasteiger partial charge < -0.3 is 30.7 Å². The van der Waals surface area contributed by atoms with Crippen LogP contribution in [0.5, 0.6) is 0 Å². The van der Waals surface area contributed by atoms with Crippen molar-refractivity contribution in [3.05, 3.63) is 0 Å². The lowest BCUT2D eigenvalue weighted by Gasteiger charge is -2.44. The molecule has 30 heavy (non-hydrogen) atoms. The van der Waals surface area contributed by atoms with Gasteiger partial charge in [-0.15, -0.1) is 11.8 Å². The van der Waals surface area contributed by atoms with Crippen molar-refractivity contribution >= 4 is 29.4 Å². The van der Waals surface area contributed by atoms with Crippen molar-refractivity contribution < 1.29 is 24.9 Å². The van der Waals surface area contributed by atoms with Crippen LogP contribution in [0.2, 0.25) is 0 Å². The summed E-state index contributed by atoms with van der Waals surface area (Å²) >= 11 is 3.24. The summed E-state index contributed by atoms with van der Waals surface area (Å²) in [7, 11) is 0. The van der Waals surface area contributed by atoms with Crippen LogP contribution in [-0.2, 0) is 9.53 Å². The highest BCUT2D eigenvalue weighted by Gasteiger charge is 2.47. The van der Waals surface area contributed by atoms with E-state index < -0.39 is 35.9 Å². The molecular weight excluding hydrogens is 424 g/mol. The lowest BCUT2D eigenvalue weighted by atomic mass is 9.86. The summed E-state index contributed by atoms with van der Waals surface area (Å²) in [5.74, 6) is 2.77. The number of thioether (sulfide) groups is 2. The van der Waals surface area contributed by atoms with Crippen LogP contribution in [0.25, 0.3) is 0 Å². The van der Waals surface area contributed by atoms with Gasteiger partial charge in [0.05, 0.1) is 12.1 Å². The Labute approximate surface area is 189 Å². The van der Waals surface area contributed by atoms with Gasteiger partial charge in [0.2, 0.25) is 5.91 Å². The largest absolute Gasteiger partial charge is 0.388 e. The van der Waals surface area contributed by atoms with E-state index in [9.17, 15) is 20.1 Å².